The molecule has 2 aromatic rings. The van der Waals surface area contributed by atoms with Crippen LogP contribution in [0.3, 0.4) is 0 Å². The molecule has 106 valence electrons. The number of benzene rings is 2. The third kappa shape index (κ3) is 2.27. The van der Waals surface area contributed by atoms with Crippen LogP contribution in [0.1, 0.15) is 26.3 Å². The van der Waals surface area contributed by atoms with Crippen LogP contribution >= 0.6 is 0 Å². The van der Waals surface area contributed by atoms with E-state index < -0.39 is 17.3 Å². The van der Waals surface area contributed by atoms with Crippen LogP contribution in [0.4, 0.5) is 9.18 Å². The molecule has 0 aliphatic carbocycles. The first-order valence-electron chi connectivity index (χ1n) is 6.14. The second-order valence-corrected chi connectivity index (χ2v) is 5.58. The van der Waals surface area contributed by atoms with Gasteiger partial charge in [-0.25, -0.2) is 9.18 Å². The molecule has 0 saturated carbocycles. The minimum atomic E-state index is -1.12. The van der Waals surface area contributed by atoms with Crippen LogP contribution in [0.5, 0.6) is 11.5 Å². The van der Waals surface area contributed by atoms with Crippen molar-refractivity contribution < 1.29 is 19.0 Å². The Hall–Kier alpha value is -2.30. The number of carbonyl (C=O) groups is 1. The number of carbonyl (C=O) groups excluding carboxylic acids is 1. The van der Waals surface area contributed by atoms with Crippen molar-refractivity contribution in [3.05, 3.63) is 35.6 Å². The number of amides is 1. The van der Waals surface area contributed by atoms with Gasteiger partial charge < -0.3 is 15.6 Å². The molecule has 2 rings (SSSR count). The fourth-order valence-corrected chi connectivity index (χ4v) is 2.25. The molecule has 0 spiro atoms. The van der Waals surface area contributed by atoms with Gasteiger partial charge >= 0.3 is 6.09 Å². The first kappa shape index (κ1) is 14.1. The normalized spacial score (nSPS) is 11.6. The van der Waals surface area contributed by atoms with Crippen molar-refractivity contribution >= 4 is 16.9 Å². The minimum Gasteiger partial charge on any atom is -0.507 e. The highest BCUT2D eigenvalue weighted by molar-refractivity contribution is 5.93. The van der Waals surface area contributed by atoms with Crippen LogP contribution in [-0.2, 0) is 5.41 Å². The Morgan fingerprint density at radius 3 is 2.30 bits per heavy atom. The molecule has 0 radical (unpaired) electrons. The van der Waals surface area contributed by atoms with Gasteiger partial charge in [-0.15, -0.1) is 0 Å². The van der Waals surface area contributed by atoms with Crippen molar-refractivity contribution in [2.75, 3.05) is 0 Å². The van der Waals surface area contributed by atoms with Crippen molar-refractivity contribution in [3.8, 4) is 11.5 Å². The summed E-state index contributed by atoms with van der Waals surface area (Å²) in [6, 6.07) is 6.44. The van der Waals surface area contributed by atoms with Gasteiger partial charge in [-0.3, -0.25) is 0 Å². The first-order valence-corrected chi connectivity index (χ1v) is 6.14. The maximum absolute atomic E-state index is 14.6. The summed E-state index contributed by atoms with van der Waals surface area (Å²) in [7, 11) is 0. The Balaban J connectivity index is 2.93. The molecule has 2 aromatic carbocycles. The van der Waals surface area contributed by atoms with Crippen LogP contribution in [0, 0.1) is 5.82 Å². The summed E-state index contributed by atoms with van der Waals surface area (Å²) in [5.41, 5.74) is 4.58. The Morgan fingerprint density at radius 2 is 1.80 bits per heavy atom. The van der Waals surface area contributed by atoms with Crippen LogP contribution in [-0.4, -0.2) is 11.2 Å². The average Bonchev–Trinajstić information content (AvgIpc) is 2.33. The molecule has 5 heteroatoms. The monoisotopic (exact) mass is 277 g/mol. The second-order valence-electron chi connectivity index (χ2n) is 5.58. The van der Waals surface area contributed by atoms with E-state index in [4.69, 9.17) is 10.5 Å². The van der Waals surface area contributed by atoms with E-state index in [2.05, 4.69) is 0 Å². The predicted molar refractivity (Wildman–Crippen MR) is 74.5 cm³/mol. The number of phenolic OH excluding ortho intramolecular Hbond substituents is 1. The summed E-state index contributed by atoms with van der Waals surface area (Å²) in [6.45, 7) is 5.35. The molecule has 0 aromatic heterocycles. The molecule has 1 amide bonds. The van der Waals surface area contributed by atoms with Crippen molar-refractivity contribution in [1.29, 1.82) is 0 Å². The average molecular weight is 277 g/mol. The van der Waals surface area contributed by atoms with Gasteiger partial charge in [-0.05, 0) is 5.41 Å². The van der Waals surface area contributed by atoms with Gasteiger partial charge in [0, 0.05) is 16.3 Å². The summed E-state index contributed by atoms with van der Waals surface area (Å²) < 4.78 is 19.4. The van der Waals surface area contributed by atoms with E-state index in [9.17, 15) is 14.3 Å². The zero-order chi connectivity index (χ0) is 15.1. The number of hydrogen-bond acceptors (Lipinski definition) is 3. The fraction of sp³-hybridized carbons (Fsp3) is 0.267. The molecule has 20 heavy (non-hydrogen) atoms. The van der Waals surface area contributed by atoms with Crippen LogP contribution in [0.2, 0.25) is 0 Å². The maximum atomic E-state index is 14.6. The van der Waals surface area contributed by atoms with Gasteiger partial charge in [0.1, 0.15) is 5.75 Å². The van der Waals surface area contributed by atoms with Gasteiger partial charge in [0.05, 0.1) is 0 Å². The number of fused-ring (bicyclic) bond motifs is 1. The fourth-order valence-electron chi connectivity index (χ4n) is 2.25. The van der Waals surface area contributed by atoms with Crippen LogP contribution < -0.4 is 10.5 Å². The van der Waals surface area contributed by atoms with E-state index in [1.54, 1.807) is 39.0 Å². The van der Waals surface area contributed by atoms with E-state index in [0.29, 0.717) is 5.39 Å². The number of rotatable bonds is 1. The van der Waals surface area contributed by atoms with Crippen LogP contribution in [0.15, 0.2) is 24.3 Å². The van der Waals surface area contributed by atoms with Gasteiger partial charge in [0.25, 0.3) is 0 Å². The van der Waals surface area contributed by atoms with Crippen molar-refractivity contribution in [3.63, 3.8) is 0 Å². The maximum Gasteiger partial charge on any atom is 0.410 e. The molecule has 0 unspecified atom stereocenters. The van der Waals surface area contributed by atoms with Crippen molar-refractivity contribution in [2.24, 2.45) is 5.73 Å². The molecule has 0 atom stereocenters. The smallest absolute Gasteiger partial charge is 0.410 e. The summed E-state index contributed by atoms with van der Waals surface area (Å²) in [4.78, 5) is 11.0. The van der Waals surface area contributed by atoms with Gasteiger partial charge in [-0.2, -0.15) is 0 Å². The number of hydrogen-bond donors (Lipinski definition) is 2. The Kier molecular flexibility index (Phi) is 3.29. The molecule has 0 heterocycles. The van der Waals surface area contributed by atoms with Crippen molar-refractivity contribution in [1.82, 2.24) is 0 Å². The van der Waals surface area contributed by atoms with Gasteiger partial charge in [0.15, 0.2) is 11.6 Å². The third-order valence-electron chi connectivity index (χ3n) is 3.03. The van der Waals surface area contributed by atoms with E-state index in [1.807, 2.05) is 0 Å². The lowest BCUT2D eigenvalue weighted by Gasteiger charge is -2.24. The highest BCUT2D eigenvalue weighted by Crippen LogP contribution is 2.45. The summed E-state index contributed by atoms with van der Waals surface area (Å²) in [6.07, 6.45) is -1.12. The SMILES string of the molecule is CC(C)(C)c1c(OC(N)=O)c(F)c2ccccc2c1O. The van der Waals surface area contributed by atoms with Gasteiger partial charge in [-0.1, -0.05) is 45.0 Å². The zero-order valence-electron chi connectivity index (χ0n) is 11.5. The number of phenols is 1. The molecule has 0 aliphatic rings. The number of primary amides is 1. The quantitative estimate of drug-likeness (QED) is 0.838. The number of ether oxygens (including phenoxy) is 1. The molecule has 0 saturated heterocycles. The molecular weight excluding hydrogens is 261 g/mol. The molecule has 0 bridgehead atoms. The molecule has 0 fully saturated rings. The van der Waals surface area contributed by atoms with E-state index in [-0.39, 0.29) is 22.4 Å². The molecular formula is C15H16FNO3. The molecule has 3 N–H and O–H groups in total. The van der Waals surface area contributed by atoms with E-state index in [0.717, 1.165) is 0 Å². The lowest BCUT2D eigenvalue weighted by atomic mass is 9.83. The first-order chi connectivity index (χ1) is 9.23. The topological polar surface area (TPSA) is 72.5 Å². The largest absolute Gasteiger partial charge is 0.507 e. The minimum absolute atomic E-state index is 0.106. The summed E-state index contributed by atoms with van der Waals surface area (Å²) >= 11 is 0. The number of aromatic hydroxyl groups is 1. The highest BCUT2D eigenvalue weighted by Gasteiger charge is 2.29. The standard InChI is InChI=1S/C15H16FNO3/c1-15(2,3)10-12(18)9-7-5-4-6-8(9)11(16)13(10)20-14(17)19/h4-7,18H,1-3H3,(H2,17,19). The summed E-state index contributed by atoms with van der Waals surface area (Å²) in [5, 5.41) is 10.9. The molecule has 4 nitrogen and oxygen atoms in total. The number of halogens is 1. The lowest BCUT2D eigenvalue weighted by molar-refractivity contribution is 0.207. The highest BCUT2D eigenvalue weighted by atomic mass is 19.1. The Bertz CT molecular complexity index is 690. The Labute approximate surface area is 116 Å². The second kappa shape index (κ2) is 4.67. The third-order valence-corrected chi connectivity index (χ3v) is 3.03. The zero-order valence-corrected chi connectivity index (χ0v) is 11.5. The lowest BCUT2D eigenvalue weighted by Crippen LogP contribution is -2.21. The number of nitrogens with two attached hydrogens (primary N) is 1. The van der Waals surface area contributed by atoms with Gasteiger partial charge in [0.2, 0.25) is 0 Å². The molecule has 0 aliphatic heterocycles. The predicted octanol–water partition coefficient (Wildman–Crippen LogP) is 3.44. The summed E-state index contributed by atoms with van der Waals surface area (Å²) in [5.74, 6) is -1.13. The van der Waals surface area contributed by atoms with Crippen molar-refractivity contribution in [2.45, 2.75) is 26.2 Å². The van der Waals surface area contributed by atoms with Crippen LogP contribution in [0.25, 0.3) is 10.8 Å². The van der Waals surface area contributed by atoms with E-state index in [1.165, 1.54) is 6.07 Å². The Morgan fingerprint density at radius 1 is 1.25 bits per heavy atom. The van der Waals surface area contributed by atoms with E-state index >= 15 is 0 Å².